The van der Waals surface area contributed by atoms with Gasteiger partial charge in [-0.15, -0.1) is 0 Å². The number of anilines is 1. The Morgan fingerprint density at radius 2 is 1.77 bits per heavy atom. The molecule has 1 fully saturated rings. The van der Waals surface area contributed by atoms with Gasteiger partial charge in [0, 0.05) is 11.3 Å². The van der Waals surface area contributed by atoms with Crippen LogP contribution in [0.5, 0.6) is 11.5 Å². The molecule has 1 saturated heterocycles. The van der Waals surface area contributed by atoms with Crippen molar-refractivity contribution in [2.75, 3.05) is 38.3 Å². The third kappa shape index (κ3) is 4.86. The quantitative estimate of drug-likeness (QED) is 0.651. The zero-order chi connectivity index (χ0) is 22.0. The molecule has 0 spiro atoms. The molecular formula is C25H35N3O3+2. The highest BCUT2D eigenvalue weighted by atomic mass is 16.7. The van der Waals surface area contributed by atoms with E-state index in [-0.39, 0.29) is 11.9 Å². The Morgan fingerprint density at radius 1 is 1.03 bits per heavy atom. The van der Waals surface area contributed by atoms with Crippen molar-refractivity contribution in [3.63, 3.8) is 0 Å². The number of para-hydroxylation sites is 1. The van der Waals surface area contributed by atoms with Crippen molar-refractivity contribution in [3.05, 3.63) is 53.1 Å². The van der Waals surface area contributed by atoms with Gasteiger partial charge in [0.1, 0.15) is 32.7 Å². The number of fused-ring (bicyclic) bond motifs is 1. The lowest BCUT2D eigenvalue weighted by atomic mass is 9.98. The minimum atomic E-state index is -0.0632. The van der Waals surface area contributed by atoms with Crippen LogP contribution in [0.4, 0.5) is 5.69 Å². The van der Waals surface area contributed by atoms with Crippen LogP contribution in [0.25, 0.3) is 0 Å². The van der Waals surface area contributed by atoms with Gasteiger partial charge in [0.05, 0.1) is 0 Å². The van der Waals surface area contributed by atoms with Gasteiger partial charge < -0.3 is 24.6 Å². The summed E-state index contributed by atoms with van der Waals surface area (Å²) in [5, 5.41) is 3.24. The van der Waals surface area contributed by atoms with Crippen LogP contribution < -0.4 is 24.6 Å². The van der Waals surface area contributed by atoms with Gasteiger partial charge in [-0.25, -0.2) is 0 Å². The number of piperazine rings is 1. The van der Waals surface area contributed by atoms with Crippen LogP contribution in [0.2, 0.25) is 0 Å². The molecule has 2 aromatic carbocycles. The molecule has 31 heavy (non-hydrogen) atoms. The van der Waals surface area contributed by atoms with Gasteiger partial charge >= 0.3 is 0 Å². The maximum atomic E-state index is 13.1. The Labute approximate surface area is 185 Å². The third-order valence-electron chi connectivity index (χ3n) is 6.67. The van der Waals surface area contributed by atoms with Crippen LogP contribution in [0, 0.1) is 6.92 Å². The third-order valence-corrected chi connectivity index (χ3v) is 6.67. The number of aryl methyl sites for hydroxylation is 1. The van der Waals surface area contributed by atoms with Gasteiger partial charge in [-0.2, -0.15) is 0 Å². The summed E-state index contributed by atoms with van der Waals surface area (Å²) in [4.78, 5) is 16.0. The molecule has 4 rings (SSSR count). The number of hydrogen-bond donors (Lipinski definition) is 3. The van der Waals surface area contributed by atoms with Crippen LogP contribution in [-0.2, 0) is 11.3 Å². The van der Waals surface area contributed by atoms with Crippen molar-refractivity contribution in [1.29, 1.82) is 0 Å². The number of quaternary nitrogens is 2. The predicted octanol–water partition coefficient (Wildman–Crippen LogP) is 1.16. The molecule has 1 atom stereocenters. The van der Waals surface area contributed by atoms with Gasteiger partial charge in [0.2, 0.25) is 6.79 Å². The first-order chi connectivity index (χ1) is 14.9. The number of nitrogens with one attached hydrogen (secondary N) is 3. The van der Waals surface area contributed by atoms with Crippen LogP contribution in [-0.4, -0.2) is 44.9 Å². The van der Waals surface area contributed by atoms with Crippen LogP contribution in [0.15, 0.2) is 36.4 Å². The van der Waals surface area contributed by atoms with E-state index in [1.165, 1.54) is 16.0 Å². The van der Waals surface area contributed by atoms with E-state index < -0.39 is 0 Å². The lowest BCUT2D eigenvalue weighted by Crippen LogP contribution is -3.29. The molecule has 0 saturated carbocycles. The van der Waals surface area contributed by atoms with Crippen LogP contribution >= 0.6 is 0 Å². The first-order valence-electron chi connectivity index (χ1n) is 11.4. The second-order valence-electron chi connectivity index (χ2n) is 9.18. The molecule has 2 aromatic rings. The van der Waals surface area contributed by atoms with Crippen molar-refractivity contribution in [1.82, 2.24) is 0 Å². The second-order valence-corrected chi connectivity index (χ2v) is 9.18. The average molecular weight is 426 g/mol. The number of amides is 1. The average Bonchev–Trinajstić information content (AvgIpc) is 3.23. The molecule has 0 unspecified atom stereocenters. The monoisotopic (exact) mass is 425 g/mol. The molecule has 166 valence electrons. The summed E-state index contributed by atoms with van der Waals surface area (Å²) < 4.78 is 10.9. The molecule has 0 aliphatic carbocycles. The van der Waals surface area contributed by atoms with E-state index >= 15 is 0 Å². The number of rotatable bonds is 6. The van der Waals surface area contributed by atoms with Crippen LogP contribution in [0.3, 0.4) is 0 Å². The van der Waals surface area contributed by atoms with E-state index in [0.717, 1.165) is 55.5 Å². The van der Waals surface area contributed by atoms with Crippen molar-refractivity contribution in [2.24, 2.45) is 0 Å². The van der Waals surface area contributed by atoms with E-state index in [9.17, 15) is 4.79 Å². The Hall–Kier alpha value is -2.57. The molecule has 0 radical (unpaired) electrons. The molecule has 2 aliphatic rings. The molecule has 3 N–H and O–H groups in total. The van der Waals surface area contributed by atoms with Crippen LogP contribution in [0.1, 0.15) is 43.4 Å². The normalized spacial score (nSPS) is 21.2. The largest absolute Gasteiger partial charge is 0.454 e. The van der Waals surface area contributed by atoms with Gasteiger partial charge in [0.25, 0.3) is 5.91 Å². The Balaban J connectivity index is 1.32. The van der Waals surface area contributed by atoms with Gasteiger partial charge in [0.15, 0.2) is 17.5 Å². The summed E-state index contributed by atoms with van der Waals surface area (Å²) in [6.45, 7) is 13.9. The van der Waals surface area contributed by atoms with Gasteiger partial charge in [-0.1, -0.05) is 32.0 Å². The van der Waals surface area contributed by atoms with E-state index in [1.54, 1.807) is 4.90 Å². The Morgan fingerprint density at radius 3 is 2.52 bits per heavy atom. The molecule has 2 aliphatic heterocycles. The summed E-state index contributed by atoms with van der Waals surface area (Å²) in [6, 6.07) is 12.4. The Kier molecular flexibility index (Phi) is 6.49. The van der Waals surface area contributed by atoms with Crippen molar-refractivity contribution in [2.45, 2.75) is 46.2 Å². The zero-order valence-corrected chi connectivity index (χ0v) is 19.1. The maximum Gasteiger partial charge on any atom is 0.282 e. The van der Waals surface area contributed by atoms with Crippen molar-refractivity contribution < 1.29 is 24.1 Å². The summed E-state index contributed by atoms with van der Waals surface area (Å²) in [5.74, 6) is 2.18. The smallest absolute Gasteiger partial charge is 0.282 e. The van der Waals surface area contributed by atoms with Crippen molar-refractivity contribution >= 4 is 11.6 Å². The number of ether oxygens (including phenoxy) is 2. The number of hydrogen-bond acceptors (Lipinski definition) is 3. The molecule has 1 amide bonds. The molecule has 6 heteroatoms. The van der Waals surface area contributed by atoms with E-state index in [2.05, 4.69) is 63.3 Å². The SMILES string of the molecule is Cc1cccc(C(C)C)c1NC(=O)[C@H](C)[NH+]1CC[NH+](Cc2ccc3c(c2)OCO3)CC1. The molecule has 6 nitrogen and oxygen atoms in total. The summed E-state index contributed by atoms with van der Waals surface area (Å²) in [6.07, 6.45) is 0. The Bertz CT molecular complexity index is 936. The van der Waals surface area contributed by atoms with E-state index in [4.69, 9.17) is 9.47 Å². The summed E-state index contributed by atoms with van der Waals surface area (Å²) >= 11 is 0. The molecule has 0 bridgehead atoms. The fourth-order valence-corrected chi connectivity index (χ4v) is 4.63. The standard InChI is InChI=1S/C25H33N3O3/c1-17(2)21-7-5-6-18(3)24(21)26-25(29)19(4)28-12-10-27(11-13-28)15-20-8-9-22-23(14-20)31-16-30-22/h5-9,14,17,19H,10-13,15-16H2,1-4H3,(H,26,29)/p+2/t19-/m0/s1. The summed E-state index contributed by atoms with van der Waals surface area (Å²) in [5.41, 5.74) is 4.59. The number of carbonyl (C=O) groups excluding carboxylic acids is 1. The van der Waals surface area contributed by atoms with Crippen molar-refractivity contribution in [3.8, 4) is 11.5 Å². The first kappa shape index (κ1) is 21.7. The fraction of sp³-hybridized carbons (Fsp3) is 0.480. The van der Waals surface area contributed by atoms with E-state index in [1.807, 2.05) is 6.07 Å². The second kappa shape index (κ2) is 9.28. The highest BCUT2D eigenvalue weighted by Gasteiger charge is 2.31. The van der Waals surface area contributed by atoms with Gasteiger partial charge in [-0.05, 0) is 49.1 Å². The summed E-state index contributed by atoms with van der Waals surface area (Å²) in [7, 11) is 0. The number of benzene rings is 2. The van der Waals surface area contributed by atoms with E-state index in [0.29, 0.717) is 12.7 Å². The van der Waals surface area contributed by atoms with Gasteiger partial charge in [-0.3, -0.25) is 4.79 Å². The molecule has 2 heterocycles. The lowest BCUT2D eigenvalue weighted by molar-refractivity contribution is -1.02. The minimum absolute atomic E-state index is 0.0632. The highest BCUT2D eigenvalue weighted by Crippen LogP contribution is 2.32. The topological polar surface area (TPSA) is 56.4 Å². The first-order valence-corrected chi connectivity index (χ1v) is 11.4. The molecular weight excluding hydrogens is 390 g/mol. The molecule has 0 aromatic heterocycles. The number of carbonyl (C=O) groups is 1. The predicted molar refractivity (Wildman–Crippen MR) is 121 cm³/mol. The zero-order valence-electron chi connectivity index (χ0n) is 19.1. The fourth-order valence-electron chi connectivity index (χ4n) is 4.63. The lowest BCUT2D eigenvalue weighted by Gasteiger charge is -2.33. The highest BCUT2D eigenvalue weighted by molar-refractivity contribution is 5.95. The minimum Gasteiger partial charge on any atom is -0.454 e. The maximum absolute atomic E-state index is 13.1.